The first kappa shape index (κ1) is 25.1. The Labute approximate surface area is 230 Å². The van der Waals surface area contributed by atoms with Crippen LogP contribution in [0, 0.1) is 23.0 Å². The number of nitro groups is 1. The molecule has 196 valence electrons. The van der Waals surface area contributed by atoms with Gasteiger partial charge in [0.25, 0.3) is 5.69 Å². The van der Waals surface area contributed by atoms with Gasteiger partial charge in [-0.2, -0.15) is 0 Å². The van der Waals surface area contributed by atoms with Gasteiger partial charge in [-0.3, -0.25) is 24.5 Å². The number of benzene rings is 3. The average molecular weight is 560 g/mol. The molecule has 9 nitrogen and oxygen atoms in total. The van der Waals surface area contributed by atoms with Crippen molar-refractivity contribution in [3.05, 3.63) is 114 Å². The van der Waals surface area contributed by atoms with Gasteiger partial charge in [0, 0.05) is 28.5 Å². The zero-order valence-electron chi connectivity index (χ0n) is 20.5. The number of hydrogen-bond donors (Lipinski definition) is 1. The Morgan fingerprint density at radius 2 is 1.74 bits per heavy atom. The number of nitrogens with zero attached hydrogens (tertiary/aromatic N) is 2. The van der Waals surface area contributed by atoms with E-state index in [0.717, 1.165) is 34.2 Å². The molecule has 1 N–H and O–H groups in total. The van der Waals surface area contributed by atoms with Gasteiger partial charge >= 0.3 is 4.87 Å². The number of nitro benzene ring substituents is 1. The van der Waals surface area contributed by atoms with Crippen LogP contribution in [0.3, 0.4) is 0 Å². The molecule has 4 aromatic rings. The van der Waals surface area contributed by atoms with Crippen LogP contribution in [0.5, 0.6) is 5.75 Å². The lowest BCUT2D eigenvalue weighted by atomic mass is 9.82. The van der Waals surface area contributed by atoms with Crippen molar-refractivity contribution in [1.29, 1.82) is 0 Å². The monoisotopic (exact) mass is 559 g/mol. The SMILES string of the molecule is Cc1ccccc1COc1ccc([N+](=O)[O-])cc1[C@@H]1c2sc(=O)[nH]c2S[C@H]2C(=O)N(c3ccccc3)C(=O)[C@@H]12. The second-order valence-corrected chi connectivity index (χ2v) is 11.5. The summed E-state index contributed by atoms with van der Waals surface area (Å²) >= 11 is 2.10. The number of rotatable bonds is 6. The smallest absolute Gasteiger partial charge is 0.305 e. The number of anilines is 1. The zero-order chi connectivity index (χ0) is 27.3. The number of ether oxygens (including phenoxy) is 1. The number of carbonyl (C=O) groups is 2. The Balaban J connectivity index is 1.49. The Morgan fingerprint density at radius 3 is 2.49 bits per heavy atom. The molecule has 11 heteroatoms. The van der Waals surface area contributed by atoms with E-state index in [0.29, 0.717) is 26.9 Å². The van der Waals surface area contributed by atoms with Gasteiger partial charge in [0.1, 0.15) is 17.6 Å². The van der Waals surface area contributed by atoms with Crippen LogP contribution in [0.4, 0.5) is 11.4 Å². The number of aryl methyl sites for hydroxylation is 1. The molecule has 3 heterocycles. The molecule has 0 spiro atoms. The Morgan fingerprint density at radius 1 is 1.00 bits per heavy atom. The number of amides is 2. The Bertz CT molecular complexity index is 1680. The molecule has 0 saturated carbocycles. The summed E-state index contributed by atoms with van der Waals surface area (Å²) in [5, 5.41) is 11.5. The molecule has 0 unspecified atom stereocenters. The lowest BCUT2D eigenvalue weighted by Gasteiger charge is -2.30. The summed E-state index contributed by atoms with van der Waals surface area (Å²) in [6.07, 6.45) is 0. The van der Waals surface area contributed by atoms with Gasteiger partial charge in [-0.25, -0.2) is 4.90 Å². The molecule has 0 bridgehead atoms. The maximum Gasteiger partial charge on any atom is 0.305 e. The molecule has 1 fully saturated rings. The summed E-state index contributed by atoms with van der Waals surface area (Å²) in [5.74, 6) is -2.14. The van der Waals surface area contributed by atoms with Crippen molar-refractivity contribution in [2.45, 2.75) is 29.7 Å². The van der Waals surface area contributed by atoms with Crippen molar-refractivity contribution in [2.75, 3.05) is 4.90 Å². The third kappa shape index (κ3) is 4.33. The van der Waals surface area contributed by atoms with Crippen LogP contribution >= 0.6 is 23.1 Å². The fourth-order valence-electron chi connectivity index (χ4n) is 5.14. The first-order valence-corrected chi connectivity index (χ1v) is 13.8. The van der Waals surface area contributed by atoms with Crippen molar-refractivity contribution in [3.63, 3.8) is 0 Å². The molecule has 2 aliphatic rings. The number of para-hydroxylation sites is 1. The van der Waals surface area contributed by atoms with E-state index in [9.17, 15) is 24.5 Å². The van der Waals surface area contributed by atoms with E-state index in [4.69, 9.17) is 4.74 Å². The summed E-state index contributed by atoms with van der Waals surface area (Å²) in [6.45, 7) is 2.16. The Kier molecular flexibility index (Phi) is 6.32. The van der Waals surface area contributed by atoms with Crippen LogP contribution in [0.2, 0.25) is 0 Å². The molecular formula is C28H21N3O6S2. The van der Waals surface area contributed by atoms with E-state index in [1.54, 1.807) is 30.3 Å². The van der Waals surface area contributed by atoms with Gasteiger partial charge in [0.15, 0.2) is 0 Å². The number of imide groups is 1. The molecule has 1 aromatic heterocycles. The molecule has 0 radical (unpaired) electrons. The van der Waals surface area contributed by atoms with Gasteiger partial charge in [0.05, 0.1) is 21.6 Å². The topological polar surface area (TPSA) is 123 Å². The lowest BCUT2D eigenvalue weighted by molar-refractivity contribution is -0.385. The lowest BCUT2D eigenvalue weighted by Crippen LogP contribution is -2.32. The fraction of sp³-hybridized carbons (Fsp3) is 0.179. The van der Waals surface area contributed by atoms with Gasteiger partial charge < -0.3 is 9.72 Å². The quantitative estimate of drug-likeness (QED) is 0.200. The highest BCUT2D eigenvalue weighted by molar-refractivity contribution is 8.00. The number of aromatic amines is 1. The molecule has 3 atom stereocenters. The van der Waals surface area contributed by atoms with Gasteiger partial charge in [-0.05, 0) is 36.2 Å². The van der Waals surface area contributed by atoms with E-state index in [2.05, 4.69) is 4.98 Å². The highest BCUT2D eigenvalue weighted by Crippen LogP contribution is 2.55. The summed E-state index contributed by atoms with van der Waals surface area (Å²) < 4.78 is 6.21. The molecule has 0 aliphatic carbocycles. The number of non-ortho nitro benzene ring substituents is 1. The number of thiazole rings is 1. The van der Waals surface area contributed by atoms with Crippen molar-refractivity contribution in [3.8, 4) is 5.75 Å². The van der Waals surface area contributed by atoms with E-state index < -0.39 is 33.8 Å². The highest BCUT2D eigenvalue weighted by atomic mass is 32.2. The molecule has 1 saturated heterocycles. The Hall–Kier alpha value is -4.22. The number of aromatic nitrogens is 1. The van der Waals surface area contributed by atoms with E-state index >= 15 is 0 Å². The van der Waals surface area contributed by atoms with Crippen LogP contribution in [-0.2, 0) is 16.2 Å². The maximum absolute atomic E-state index is 13.9. The fourth-order valence-corrected chi connectivity index (χ4v) is 7.64. The summed E-state index contributed by atoms with van der Waals surface area (Å²) in [7, 11) is 0. The van der Waals surface area contributed by atoms with Crippen molar-refractivity contribution in [1.82, 2.24) is 4.98 Å². The van der Waals surface area contributed by atoms with Gasteiger partial charge in [0.2, 0.25) is 11.8 Å². The van der Waals surface area contributed by atoms with Crippen LogP contribution in [0.25, 0.3) is 0 Å². The minimum atomic E-state index is -0.885. The third-order valence-electron chi connectivity index (χ3n) is 7.02. The first-order chi connectivity index (χ1) is 18.8. The number of carbonyl (C=O) groups excluding carboxylic acids is 2. The zero-order valence-corrected chi connectivity index (χ0v) is 22.2. The van der Waals surface area contributed by atoms with Gasteiger partial charge in [-0.1, -0.05) is 65.6 Å². The van der Waals surface area contributed by atoms with E-state index in [1.807, 2.05) is 31.2 Å². The summed E-state index contributed by atoms with van der Waals surface area (Å²) in [6, 6.07) is 20.6. The van der Waals surface area contributed by atoms with Crippen LogP contribution in [0.1, 0.15) is 27.5 Å². The number of nitrogens with one attached hydrogen (secondary N) is 1. The van der Waals surface area contributed by atoms with E-state index in [1.165, 1.54) is 23.1 Å². The summed E-state index contributed by atoms with van der Waals surface area (Å²) in [5.41, 5.74) is 2.63. The van der Waals surface area contributed by atoms with Crippen LogP contribution in [-0.4, -0.2) is 27.0 Å². The van der Waals surface area contributed by atoms with Crippen molar-refractivity contribution >= 4 is 46.3 Å². The number of hydrogen-bond acceptors (Lipinski definition) is 8. The second kappa shape index (κ2) is 9.83. The average Bonchev–Trinajstić information content (AvgIpc) is 3.42. The van der Waals surface area contributed by atoms with Crippen LogP contribution in [0.15, 0.2) is 82.6 Å². The molecule has 6 rings (SSSR count). The number of thioether (sulfide) groups is 1. The number of H-pyrrole nitrogens is 1. The molecule has 3 aromatic carbocycles. The largest absolute Gasteiger partial charge is 0.489 e. The minimum Gasteiger partial charge on any atom is -0.489 e. The first-order valence-electron chi connectivity index (χ1n) is 12.1. The summed E-state index contributed by atoms with van der Waals surface area (Å²) in [4.78, 5) is 55.5. The van der Waals surface area contributed by atoms with Crippen molar-refractivity contribution < 1.29 is 19.2 Å². The highest BCUT2D eigenvalue weighted by Gasteiger charge is 2.57. The van der Waals surface area contributed by atoms with Crippen molar-refractivity contribution in [2.24, 2.45) is 5.92 Å². The minimum absolute atomic E-state index is 0.177. The predicted octanol–water partition coefficient (Wildman–Crippen LogP) is 5.03. The second-order valence-electron chi connectivity index (χ2n) is 9.29. The molecule has 39 heavy (non-hydrogen) atoms. The molecular weight excluding hydrogens is 538 g/mol. The normalized spacial score (nSPS) is 20.0. The molecule has 2 aliphatic heterocycles. The van der Waals surface area contributed by atoms with Crippen LogP contribution < -0.4 is 14.5 Å². The molecule has 2 amide bonds. The maximum atomic E-state index is 13.9. The standard InChI is InChI=1S/C28H21N3O6S2/c1-15-7-5-6-8-16(15)14-37-20-12-11-18(31(35)36)13-19(20)21-22-24(38-25-23(21)39-28(34)29-25)27(33)30(26(22)32)17-9-3-2-4-10-17/h2-13,21-22,24H,14H2,1H3,(H,29,34)/t21-,22-,24+/m0/s1. The van der Waals surface area contributed by atoms with Gasteiger partial charge in [-0.15, -0.1) is 0 Å². The predicted molar refractivity (Wildman–Crippen MR) is 147 cm³/mol. The van der Waals surface area contributed by atoms with E-state index in [-0.39, 0.29) is 17.2 Å². The third-order valence-corrected chi connectivity index (χ3v) is 9.42. The number of fused-ring (bicyclic) bond motifs is 2.